The van der Waals surface area contributed by atoms with Crippen molar-refractivity contribution in [2.75, 3.05) is 13.1 Å². The van der Waals surface area contributed by atoms with Crippen LogP contribution in [0.4, 0.5) is 0 Å². The summed E-state index contributed by atoms with van der Waals surface area (Å²) in [5, 5.41) is 2.76. The molecule has 2 amide bonds. The number of nitrogens with two attached hydrogens (primary N) is 1. The fourth-order valence-electron chi connectivity index (χ4n) is 2.20. The van der Waals surface area contributed by atoms with Gasteiger partial charge in [-0.3, -0.25) is 9.59 Å². The molecule has 1 aliphatic rings. The minimum atomic E-state index is -0.438. The molecule has 0 radical (unpaired) electrons. The van der Waals surface area contributed by atoms with Crippen molar-refractivity contribution in [3.8, 4) is 0 Å². The molecule has 0 aromatic rings. The maximum Gasteiger partial charge on any atom is 0.244 e. The summed E-state index contributed by atoms with van der Waals surface area (Å²) < 4.78 is 0. The van der Waals surface area contributed by atoms with Crippen molar-refractivity contribution in [1.29, 1.82) is 0 Å². The first kappa shape index (κ1) is 16.0. The van der Waals surface area contributed by atoms with E-state index in [4.69, 9.17) is 5.73 Å². The third-order valence-electron chi connectivity index (χ3n) is 3.41. The number of nitrogens with one attached hydrogen (secondary N) is 1. The van der Waals surface area contributed by atoms with Crippen molar-refractivity contribution in [2.24, 2.45) is 5.73 Å². The number of hydrogen-bond donors (Lipinski definition) is 2. The minimum Gasteiger partial charge on any atom is -0.345 e. The van der Waals surface area contributed by atoms with Gasteiger partial charge < -0.3 is 16.0 Å². The molecule has 5 nitrogen and oxygen atoms in total. The van der Waals surface area contributed by atoms with Gasteiger partial charge in [-0.2, -0.15) is 0 Å². The molecule has 5 heteroatoms. The van der Waals surface area contributed by atoms with Crippen LogP contribution in [0.3, 0.4) is 0 Å². The van der Waals surface area contributed by atoms with E-state index in [0.717, 1.165) is 25.9 Å². The number of carbonyl (C=O) groups excluding carboxylic acids is 2. The Bertz CT molecular complexity index is 317. The van der Waals surface area contributed by atoms with Crippen LogP contribution in [-0.4, -0.2) is 41.4 Å². The van der Waals surface area contributed by atoms with Gasteiger partial charge in [0, 0.05) is 25.0 Å². The first-order valence-electron chi connectivity index (χ1n) is 7.16. The topological polar surface area (TPSA) is 75.4 Å². The van der Waals surface area contributed by atoms with Crippen LogP contribution in [0.1, 0.15) is 52.9 Å². The number of nitrogens with zero attached hydrogens (tertiary/aromatic N) is 1. The number of rotatable bonds is 5. The summed E-state index contributed by atoms with van der Waals surface area (Å²) >= 11 is 0. The van der Waals surface area contributed by atoms with Crippen LogP contribution >= 0.6 is 0 Å². The summed E-state index contributed by atoms with van der Waals surface area (Å²) in [4.78, 5) is 25.7. The van der Waals surface area contributed by atoms with E-state index >= 15 is 0 Å². The molecule has 1 atom stereocenters. The molecule has 0 aromatic heterocycles. The van der Waals surface area contributed by atoms with E-state index in [1.807, 2.05) is 18.7 Å². The van der Waals surface area contributed by atoms with Crippen molar-refractivity contribution in [2.45, 2.75) is 64.5 Å². The molecule has 0 aliphatic carbocycles. The number of piperidine rings is 1. The van der Waals surface area contributed by atoms with E-state index in [2.05, 4.69) is 5.32 Å². The zero-order valence-corrected chi connectivity index (χ0v) is 12.4. The first-order chi connectivity index (χ1) is 8.79. The number of hydrogen-bond acceptors (Lipinski definition) is 3. The minimum absolute atomic E-state index is 0.0278. The Morgan fingerprint density at radius 1 is 1.26 bits per heavy atom. The highest BCUT2D eigenvalue weighted by Gasteiger charge is 2.23. The standard InChI is InChI=1S/C14H27N3O2/c1-11(13(19)17-9-5-4-6-10-17)16-12(18)7-8-14(2,3)15/h11H,4-10,15H2,1-3H3,(H,16,18). The van der Waals surface area contributed by atoms with Crippen LogP contribution in [0.25, 0.3) is 0 Å². The Labute approximate surface area is 115 Å². The molecule has 0 aromatic carbocycles. The van der Waals surface area contributed by atoms with Gasteiger partial charge >= 0.3 is 0 Å². The zero-order valence-electron chi connectivity index (χ0n) is 12.4. The molecule has 0 bridgehead atoms. The van der Waals surface area contributed by atoms with Gasteiger partial charge in [-0.05, 0) is 46.5 Å². The van der Waals surface area contributed by atoms with E-state index in [9.17, 15) is 9.59 Å². The normalized spacial score (nSPS) is 18.0. The van der Waals surface area contributed by atoms with Crippen LogP contribution in [-0.2, 0) is 9.59 Å². The quantitative estimate of drug-likeness (QED) is 0.782. The van der Waals surface area contributed by atoms with Gasteiger partial charge in [-0.1, -0.05) is 0 Å². The molecule has 1 heterocycles. The van der Waals surface area contributed by atoms with E-state index in [-0.39, 0.29) is 17.4 Å². The molecular formula is C14H27N3O2. The highest BCUT2D eigenvalue weighted by atomic mass is 16.2. The molecule has 3 N–H and O–H groups in total. The Hall–Kier alpha value is -1.10. The van der Waals surface area contributed by atoms with Crippen LogP contribution in [0, 0.1) is 0 Å². The summed E-state index contributed by atoms with van der Waals surface area (Å²) in [6, 6.07) is -0.438. The summed E-state index contributed by atoms with van der Waals surface area (Å²) in [5.41, 5.74) is 5.49. The largest absolute Gasteiger partial charge is 0.345 e. The lowest BCUT2D eigenvalue weighted by Crippen LogP contribution is -2.48. The maximum atomic E-state index is 12.1. The average molecular weight is 269 g/mol. The number of carbonyl (C=O) groups is 2. The van der Waals surface area contributed by atoms with Crippen molar-refractivity contribution in [3.05, 3.63) is 0 Å². The lowest BCUT2D eigenvalue weighted by molar-refractivity contribution is -0.136. The second-order valence-electron chi connectivity index (χ2n) is 6.16. The molecule has 19 heavy (non-hydrogen) atoms. The maximum absolute atomic E-state index is 12.1. The van der Waals surface area contributed by atoms with Gasteiger partial charge in [-0.15, -0.1) is 0 Å². The van der Waals surface area contributed by atoms with Gasteiger partial charge in [0.1, 0.15) is 6.04 Å². The Balaban J connectivity index is 2.34. The Morgan fingerprint density at radius 2 is 1.84 bits per heavy atom. The lowest BCUT2D eigenvalue weighted by atomic mass is 10.00. The van der Waals surface area contributed by atoms with Crippen LogP contribution < -0.4 is 11.1 Å². The van der Waals surface area contributed by atoms with Crippen LogP contribution in [0.2, 0.25) is 0 Å². The summed E-state index contributed by atoms with van der Waals surface area (Å²) in [5.74, 6) is -0.0727. The van der Waals surface area contributed by atoms with Gasteiger partial charge in [0.25, 0.3) is 0 Å². The summed E-state index contributed by atoms with van der Waals surface area (Å²) in [7, 11) is 0. The zero-order chi connectivity index (χ0) is 14.5. The van der Waals surface area contributed by atoms with E-state index < -0.39 is 6.04 Å². The Morgan fingerprint density at radius 3 is 2.37 bits per heavy atom. The summed E-state index contributed by atoms with van der Waals surface area (Å²) in [6.07, 6.45) is 4.29. The third-order valence-corrected chi connectivity index (χ3v) is 3.41. The van der Waals surface area contributed by atoms with Gasteiger partial charge in [0.2, 0.25) is 11.8 Å². The Kier molecular flexibility index (Phi) is 5.79. The van der Waals surface area contributed by atoms with Crippen LogP contribution in [0.15, 0.2) is 0 Å². The van der Waals surface area contributed by atoms with Crippen molar-refractivity contribution < 1.29 is 9.59 Å². The van der Waals surface area contributed by atoms with Crippen molar-refractivity contribution >= 4 is 11.8 Å². The molecule has 0 saturated carbocycles. The van der Waals surface area contributed by atoms with E-state index in [1.165, 1.54) is 6.42 Å². The van der Waals surface area contributed by atoms with E-state index in [1.54, 1.807) is 6.92 Å². The SMILES string of the molecule is CC(NC(=O)CCC(C)(C)N)C(=O)N1CCCCC1. The monoisotopic (exact) mass is 269 g/mol. The van der Waals surface area contributed by atoms with Gasteiger partial charge in [0.05, 0.1) is 0 Å². The first-order valence-corrected chi connectivity index (χ1v) is 7.16. The molecule has 1 unspecified atom stereocenters. The number of amides is 2. The second kappa shape index (κ2) is 6.89. The smallest absolute Gasteiger partial charge is 0.244 e. The predicted molar refractivity (Wildman–Crippen MR) is 75.5 cm³/mol. The summed E-state index contributed by atoms with van der Waals surface area (Å²) in [6.45, 7) is 7.16. The molecule has 1 fully saturated rings. The van der Waals surface area contributed by atoms with Crippen LogP contribution in [0.5, 0.6) is 0 Å². The molecule has 1 aliphatic heterocycles. The lowest BCUT2D eigenvalue weighted by Gasteiger charge is -2.29. The molecule has 110 valence electrons. The fraction of sp³-hybridized carbons (Fsp3) is 0.857. The highest BCUT2D eigenvalue weighted by Crippen LogP contribution is 2.10. The molecule has 1 saturated heterocycles. The highest BCUT2D eigenvalue weighted by molar-refractivity contribution is 5.87. The van der Waals surface area contributed by atoms with Crippen molar-refractivity contribution in [3.63, 3.8) is 0 Å². The molecular weight excluding hydrogens is 242 g/mol. The second-order valence-corrected chi connectivity index (χ2v) is 6.16. The van der Waals surface area contributed by atoms with Gasteiger partial charge in [-0.25, -0.2) is 0 Å². The van der Waals surface area contributed by atoms with Crippen molar-refractivity contribution in [1.82, 2.24) is 10.2 Å². The molecule has 0 spiro atoms. The molecule has 1 rings (SSSR count). The number of likely N-dealkylation sites (tertiary alicyclic amines) is 1. The predicted octanol–water partition coefficient (Wildman–Crippen LogP) is 1.02. The van der Waals surface area contributed by atoms with E-state index in [0.29, 0.717) is 12.8 Å². The fourth-order valence-corrected chi connectivity index (χ4v) is 2.20. The van der Waals surface area contributed by atoms with Gasteiger partial charge in [0.15, 0.2) is 0 Å². The third kappa shape index (κ3) is 6.05. The average Bonchev–Trinajstić information content (AvgIpc) is 2.35.